The smallest absolute Gasteiger partial charge is 0.411 e. The van der Waals surface area contributed by atoms with Crippen molar-refractivity contribution in [2.45, 2.75) is 103 Å². The SMILES string of the molecule is CCCCC[C@@H]1[C@@H]([C@H](OC(=O)c2ccc(I)cc2)C(=O)NC(C)(C)C)N1C(=O)OC(C)(C)C. The van der Waals surface area contributed by atoms with E-state index in [2.05, 4.69) is 34.8 Å². The monoisotopic (exact) mass is 572 g/mol. The van der Waals surface area contributed by atoms with Crippen LogP contribution >= 0.6 is 22.6 Å². The van der Waals surface area contributed by atoms with E-state index in [0.717, 1.165) is 29.3 Å². The molecule has 0 spiro atoms. The van der Waals surface area contributed by atoms with Gasteiger partial charge in [-0.05, 0) is 94.8 Å². The second-order valence-corrected chi connectivity index (χ2v) is 11.8. The zero-order valence-electron chi connectivity index (χ0n) is 20.7. The topological polar surface area (TPSA) is 84.7 Å². The summed E-state index contributed by atoms with van der Waals surface area (Å²) in [6, 6.07) is 6.16. The first-order valence-electron chi connectivity index (χ1n) is 11.5. The van der Waals surface area contributed by atoms with Gasteiger partial charge in [0.15, 0.2) is 0 Å². The number of nitrogens with one attached hydrogen (secondary N) is 1. The summed E-state index contributed by atoms with van der Waals surface area (Å²) in [4.78, 5) is 40.6. The molecule has 2 rings (SSSR count). The third-order valence-electron chi connectivity index (χ3n) is 5.07. The predicted octanol–water partition coefficient (Wildman–Crippen LogP) is 5.30. The number of esters is 1. The molecule has 1 aliphatic rings. The van der Waals surface area contributed by atoms with E-state index in [-0.39, 0.29) is 6.04 Å². The Bertz CT molecular complexity index is 842. The molecule has 1 N–H and O–H groups in total. The minimum atomic E-state index is -1.13. The first-order valence-corrected chi connectivity index (χ1v) is 12.6. The van der Waals surface area contributed by atoms with Gasteiger partial charge in [-0.3, -0.25) is 9.69 Å². The Morgan fingerprint density at radius 1 is 1.06 bits per heavy atom. The Balaban J connectivity index is 2.30. The van der Waals surface area contributed by atoms with Crippen molar-refractivity contribution < 1.29 is 23.9 Å². The van der Waals surface area contributed by atoms with Gasteiger partial charge in [0.25, 0.3) is 5.91 Å². The molecule has 0 unspecified atom stereocenters. The summed E-state index contributed by atoms with van der Waals surface area (Å²) >= 11 is 2.16. The number of benzene rings is 1. The molecule has 0 aliphatic carbocycles. The largest absolute Gasteiger partial charge is 0.446 e. The molecule has 0 saturated carbocycles. The molecule has 0 radical (unpaired) electrons. The molecule has 1 aromatic carbocycles. The van der Waals surface area contributed by atoms with Crippen LogP contribution < -0.4 is 5.32 Å². The van der Waals surface area contributed by atoms with Crippen LogP contribution in [0.3, 0.4) is 0 Å². The molecule has 1 aromatic rings. The third-order valence-corrected chi connectivity index (χ3v) is 5.79. The van der Waals surface area contributed by atoms with Crippen LogP contribution in [-0.4, -0.2) is 52.2 Å². The van der Waals surface area contributed by atoms with Gasteiger partial charge >= 0.3 is 12.1 Å². The third kappa shape index (κ3) is 8.46. The van der Waals surface area contributed by atoms with Crippen LogP contribution in [0.4, 0.5) is 4.79 Å². The maximum Gasteiger partial charge on any atom is 0.411 e. The highest BCUT2D eigenvalue weighted by atomic mass is 127. The van der Waals surface area contributed by atoms with Crippen molar-refractivity contribution in [3.05, 3.63) is 33.4 Å². The number of nitrogens with zero attached hydrogens (tertiary/aromatic N) is 1. The normalized spacial score (nSPS) is 19.0. The molecule has 1 heterocycles. The van der Waals surface area contributed by atoms with E-state index < -0.39 is 41.3 Å². The van der Waals surface area contributed by atoms with E-state index in [4.69, 9.17) is 9.47 Å². The molecular weight excluding hydrogens is 535 g/mol. The van der Waals surface area contributed by atoms with Crippen LogP contribution in [0.15, 0.2) is 24.3 Å². The minimum Gasteiger partial charge on any atom is -0.446 e. The maximum atomic E-state index is 13.2. The summed E-state index contributed by atoms with van der Waals surface area (Å²) in [5.41, 5.74) is -0.830. The lowest BCUT2D eigenvalue weighted by atomic mass is 10.0. The van der Waals surface area contributed by atoms with Gasteiger partial charge in [-0.1, -0.05) is 26.2 Å². The summed E-state index contributed by atoms with van der Waals surface area (Å²) in [6.07, 6.45) is 2.07. The maximum absolute atomic E-state index is 13.2. The number of unbranched alkanes of at least 4 members (excludes halogenated alkanes) is 2. The highest BCUT2D eigenvalue weighted by Gasteiger charge is 2.59. The van der Waals surface area contributed by atoms with Gasteiger partial charge in [-0.2, -0.15) is 0 Å². The Morgan fingerprint density at radius 2 is 1.67 bits per heavy atom. The number of halogens is 1. The van der Waals surface area contributed by atoms with Crippen molar-refractivity contribution in [1.29, 1.82) is 0 Å². The lowest BCUT2D eigenvalue weighted by molar-refractivity contribution is -0.131. The summed E-state index contributed by atoms with van der Waals surface area (Å²) < 4.78 is 12.3. The second-order valence-electron chi connectivity index (χ2n) is 10.5. The molecule has 2 amide bonds. The number of hydrogen-bond donors (Lipinski definition) is 1. The number of hydrogen-bond acceptors (Lipinski definition) is 5. The number of carbonyl (C=O) groups excluding carboxylic acids is 3. The molecule has 1 saturated heterocycles. The highest BCUT2D eigenvalue weighted by molar-refractivity contribution is 14.1. The minimum absolute atomic E-state index is 0.216. The highest BCUT2D eigenvalue weighted by Crippen LogP contribution is 2.38. The van der Waals surface area contributed by atoms with E-state index in [1.165, 1.54) is 0 Å². The predicted molar refractivity (Wildman–Crippen MR) is 136 cm³/mol. The van der Waals surface area contributed by atoms with Gasteiger partial charge < -0.3 is 14.8 Å². The van der Waals surface area contributed by atoms with Gasteiger partial charge in [0.2, 0.25) is 6.10 Å². The summed E-state index contributed by atoms with van der Waals surface area (Å²) in [7, 11) is 0. The zero-order chi connectivity index (χ0) is 25.0. The van der Waals surface area contributed by atoms with Crippen LogP contribution in [0.5, 0.6) is 0 Å². The van der Waals surface area contributed by atoms with Gasteiger partial charge in [-0.15, -0.1) is 0 Å². The van der Waals surface area contributed by atoms with Crippen molar-refractivity contribution in [1.82, 2.24) is 10.2 Å². The van der Waals surface area contributed by atoms with Crippen molar-refractivity contribution >= 4 is 40.6 Å². The van der Waals surface area contributed by atoms with E-state index in [0.29, 0.717) is 5.56 Å². The Kier molecular flexibility index (Phi) is 9.18. The molecule has 33 heavy (non-hydrogen) atoms. The number of ether oxygens (including phenoxy) is 2. The van der Waals surface area contributed by atoms with Crippen molar-refractivity contribution in [2.24, 2.45) is 0 Å². The lowest BCUT2D eigenvalue weighted by Crippen LogP contribution is -2.50. The van der Waals surface area contributed by atoms with Gasteiger partial charge in [-0.25, -0.2) is 9.59 Å². The molecule has 3 atom stereocenters. The van der Waals surface area contributed by atoms with E-state index >= 15 is 0 Å². The fraction of sp³-hybridized carbons (Fsp3) is 0.640. The Labute approximate surface area is 211 Å². The van der Waals surface area contributed by atoms with Crippen molar-refractivity contribution in [3.63, 3.8) is 0 Å². The first kappa shape index (κ1) is 27.4. The fourth-order valence-corrected chi connectivity index (χ4v) is 3.98. The van der Waals surface area contributed by atoms with Crippen LogP contribution in [0.1, 0.15) is 84.5 Å². The molecule has 8 heteroatoms. The summed E-state index contributed by atoms with van der Waals surface area (Å²) in [6.45, 7) is 13.1. The molecular formula is C25H37IN2O5. The summed E-state index contributed by atoms with van der Waals surface area (Å²) in [5, 5.41) is 2.91. The van der Waals surface area contributed by atoms with E-state index in [1.807, 2.05) is 20.8 Å². The molecule has 0 aromatic heterocycles. The lowest BCUT2D eigenvalue weighted by Gasteiger charge is -2.25. The average Bonchev–Trinajstić information content (AvgIpc) is 3.37. The molecule has 7 nitrogen and oxygen atoms in total. The van der Waals surface area contributed by atoms with Gasteiger partial charge in [0, 0.05) is 9.11 Å². The molecule has 1 fully saturated rings. The van der Waals surface area contributed by atoms with Crippen LogP contribution in [0.2, 0.25) is 0 Å². The number of amides is 2. The number of carbonyl (C=O) groups is 3. The van der Waals surface area contributed by atoms with Crippen molar-refractivity contribution in [2.75, 3.05) is 0 Å². The van der Waals surface area contributed by atoms with Crippen molar-refractivity contribution in [3.8, 4) is 0 Å². The summed E-state index contributed by atoms with van der Waals surface area (Å²) in [5.74, 6) is -1.01. The average molecular weight is 572 g/mol. The van der Waals surface area contributed by atoms with E-state index in [1.54, 1.807) is 49.9 Å². The van der Waals surface area contributed by atoms with Crippen LogP contribution in [-0.2, 0) is 14.3 Å². The van der Waals surface area contributed by atoms with Gasteiger partial charge in [0.05, 0.1) is 11.6 Å². The van der Waals surface area contributed by atoms with E-state index in [9.17, 15) is 14.4 Å². The Hall–Kier alpha value is -1.84. The fourth-order valence-electron chi connectivity index (χ4n) is 3.62. The standard InChI is InChI=1S/C25H37IN2O5/c1-8-9-10-11-18-19(28(18)23(31)33-25(5,6)7)20(21(29)27-24(2,3)4)32-22(30)16-12-14-17(26)15-13-16/h12-15,18-20H,8-11H2,1-7H3,(H,27,29)/t18-,19+,20+,28?/m1/s1. The van der Waals surface area contributed by atoms with Gasteiger partial charge in [0.1, 0.15) is 11.6 Å². The Morgan fingerprint density at radius 3 is 2.18 bits per heavy atom. The zero-order valence-corrected chi connectivity index (χ0v) is 22.9. The van der Waals surface area contributed by atoms with Crippen LogP contribution in [0.25, 0.3) is 0 Å². The second kappa shape index (κ2) is 11.1. The quantitative estimate of drug-likeness (QED) is 0.198. The first-order chi connectivity index (χ1) is 15.2. The molecule has 184 valence electrons. The molecule has 1 aliphatic heterocycles. The van der Waals surface area contributed by atoms with Crippen LogP contribution in [0, 0.1) is 3.57 Å². The molecule has 0 bridgehead atoms. The number of rotatable bonds is 8.